The molecule has 0 saturated heterocycles. The summed E-state index contributed by atoms with van der Waals surface area (Å²) in [5.41, 5.74) is 0.489. The largest absolute Gasteiger partial charge is 0.493 e. The summed E-state index contributed by atoms with van der Waals surface area (Å²) in [5.74, 6) is 2.23. The lowest BCUT2D eigenvalue weighted by molar-refractivity contribution is -0.143. The number of ketones is 1. The topological polar surface area (TPSA) is 90.9 Å². The summed E-state index contributed by atoms with van der Waals surface area (Å²) in [6.45, 7) is -0.608. The standard InChI is InChI=1S/C24H31NO6/c1-29-20-4-3-18(8-21(20)30-2)19(26)14-31-23(28)13-25-22(27)12-24-9-15-5-16(10-24)7-17(6-15)11-24/h3-4,8,15-17H,5-7,9-14H2,1-2H3,(H,25,27). The second-order valence-corrected chi connectivity index (χ2v) is 9.52. The Labute approximate surface area is 182 Å². The minimum Gasteiger partial charge on any atom is -0.493 e. The molecule has 0 aliphatic heterocycles. The molecule has 1 aromatic carbocycles. The molecule has 4 aliphatic carbocycles. The molecule has 31 heavy (non-hydrogen) atoms. The van der Waals surface area contributed by atoms with Crippen molar-refractivity contribution in [3.63, 3.8) is 0 Å². The van der Waals surface area contributed by atoms with Crippen LogP contribution in [0.5, 0.6) is 11.5 Å². The molecule has 7 heteroatoms. The normalized spacial score (nSPS) is 28.1. The molecule has 5 rings (SSSR count). The van der Waals surface area contributed by atoms with Crippen molar-refractivity contribution in [2.75, 3.05) is 27.4 Å². The van der Waals surface area contributed by atoms with Gasteiger partial charge in [-0.25, -0.2) is 0 Å². The first-order chi connectivity index (χ1) is 14.9. The van der Waals surface area contributed by atoms with Gasteiger partial charge in [-0.15, -0.1) is 0 Å². The number of esters is 1. The number of methoxy groups -OCH3 is 2. The van der Waals surface area contributed by atoms with E-state index < -0.39 is 5.97 Å². The molecule has 4 bridgehead atoms. The zero-order valence-electron chi connectivity index (χ0n) is 18.3. The van der Waals surface area contributed by atoms with E-state index in [1.165, 1.54) is 33.5 Å². The van der Waals surface area contributed by atoms with Gasteiger partial charge in [0.25, 0.3) is 0 Å². The Kier molecular flexibility index (Phi) is 6.21. The van der Waals surface area contributed by atoms with Crippen LogP contribution in [0.2, 0.25) is 0 Å². The number of hydrogen-bond acceptors (Lipinski definition) is 6. The Morgan fingerprint density at radius 3 is 2.16 bits per heavy atom. The predicted octanol–water partition coefficient (Wildman–Crippen LogP) is 3.15. The van der Waals surface area contributed by atoms with Crippen molar-refractivity contribution in [3.05, 3.63) is 23.8 Å². The molecule has 0 heterocycles. The molecule has 1 N–H and O–H groups in total. The first kappa shape index (κ1) is 21.7. The molecule has 0 spiro atoms. The molecule has 0 atom stereocenters. The van der Waals surface area contributed by atoms with Gasteiger partial charge in [-0.3, -0.25) is 14.4 Å². The van der Waals surface area contributed by atoms with Crippen LogP contribution in [0.4, 0.5) is 0 Å². The number of nitrogens with one attached hydrogen (secondary N) is 1. The molecule has 1 amide bonds. The average Bonchev–Trinajstić information content (AvgIpc) is 2.74. The smallest absolute Gasteiger partial charge is 0.325 e. The molecule has 4 fully saturated rings. The van der Waals surface area contributed by atoms with Crippen molar-refractivity contribution in [2.24, 2.45) is 23.2 Å². The molecule has 168 valence electrons. The summed E-state index contributed by atoms with van der Waals surface area (Å²) in [5, 5.41) is 2.69. The summed E-state index contributed by atoms with van der Waals surface area (Å²) in [4.78, 5) is 36.9. The van der Waals surface area contributed by atoms with Gasteiger partial charge in [0.1, 0.15) is 6.54 Å². The second kappa shape index (κ2) is 8.89. The minimum atomic E-state index is -0.618. The highest BCUT2D eigenvalue weighted by Gasteiger charge is 2.51. The number of Topliss-reactive ketones (excluding diaryl/α,β-unsaturated/α-hetero) is 1. The van der Waals surface area contributed by atoms with Crippen molar-refractivity contribution in [1.82, 2.24) is 5.32 Å². The highest BCUT2D eigenvalue weighted by atomic mass is 16.5. The monoisotopic (exact) mass is 429 g/mol. The molecule has 7 nitrogen and oxygen atoms in total. The van der Waals surface area contributed by atoms with Crippen molar-refractivity contribution >= 4 is 17.7 Å². The van der Waals surface area contributed by atoms with Gasteiger partial charge >= 0.3 is 5.97 Å². The van der Waals surface area contributed by atoms with E-state index in [9.17, 15) is 14.4 Å². The quantitative estimate of drug-likeness (QED) is 0.479. The maximum Gasteiger partial charge on any atom is 0.325 e. The van der Waals surface area contributed by atoms with Crippen molar-refractivity contribution in [3.8, 4) is 11.5 Å². The molecule has 1 aromatic rings. The van der Waals surface area contributed by atoms with Crippen molar-refractivity contribution in [2.45, 2.75) is 44.9 Å². The fourth-order valence-corrected chi connectivity index (χ4v) is 6.37. The SMILES string of the molecule is COc1ccc(C(=O)COC(=O)CNC(=O)CC23CC4CC(CC(C4)C2)C3)cc1OC. The molecule has 0 unspecified atom stereocenters. The Bertz CT molecular complexity index is 828. The lowest BCUT2D eigenvalue weighted by atomic mass is 9.49. The first-order valence-electron chi connectivity index (χ1n) is 11.1. The van der Waals surface area contributed by atoms with Crippen LogP contribution in [-0.4, -0.2) is 45.0 Å². The van der Waals surface area contributed by atoms with E-state index in [-0.39, 0.29) is 30.3 Å². The maximum absolute atomic E-state index is 12.5. The Morgan fingerprint density at radius 1 is 0.968 bits per heavy atom. The third-order valence-corrected chi connectivity index (χ3v) is 7.20. The number of hydrogen-bond donors (Lipinski definition) is 1. The van der Waals surface area contributed by atoms with E-state index in [1.54, 1.807) is 18.2 Å². The molecule has 0 radical (unpaired) electrons. The maximum atomic E-state index is 12.5. The lowest BCUT2D eigenvalue weighted by Crippen LogP contribution is -2.48. The van der Waals surface area contributed by atoms with Crippen LogP contribution < -0.4 is 14.8 Å². The van der Waals surface area contributed by atoms with E-state index >= 15 is 0 Å². The highest BCUT2D eigenvalue weighted by molar-refractivity contribution is 5.98. The van der Waals surface area contributed by atoms with Crippen LogP contribution in [0.25, 0.3) is 0 Å². The van der Waals surface area contributed by atoms with Gasteiger partial charge < -0.3 is 19.5 Å². The predicted molar refractivity (Wildman–Crippen MR) is 113 cm³/mol. The van der Waals surface area contributed by atoms with Gasteiger partial charge in [0.2, 0.25) is 5.91 Å². The Balaban J connectivity index is 1.21. The zero-order chi connectivity index (χ0) is 22.0. The number of carbonyl (C=O) groups is 3. The van der Waals surface area contributed by atoms with Crippen molar-refractivity contribution < 1.29 is 28.6 Å². The van der Waals surface area contributed by atoms with Gasteiger partial charge in [-0.2, -0.15) is 0 Å². The van der Waals surface area contributed by atoms with Gasteiger partial charge in [-0.1, -0.05) is 0 Å². The van der Waals surface area contributed by atoms with Crippen LogP contribution in [0.1, 0.15) is 55.3 Å². The van der Waals surface area contributed by atoms with Crippen molar-refractivity contribution in [1.29, 1.82) is 0 Å². The highest BCUT2D eigenvalue weighted by Crippen LogP contribution is 2.61. The summed E-state index contributed by atoms with van der Waals surface area (Å²) in [6.07, 6.45) is 7.95. The zero-order valence-corrected chi connectivity index (χ0v) is 18.3. The Morgan fingerprint density at radius 2 is 1.58 bits per heavy atom. The van der Waals surface area contributed by atoms with Crippen LogP contribution in [0.3, 0.4) is 0 Å². The summed E-state index contributed by atoms with van der Waals surface area (Å²) >= 11 is 0. The van der Waals surface area contributed by atoms with Gasteiger partial charge in [0.05, 0.1) is 14.2 Å². The number of benzene rings is 1. The van der Waals surface area contributed by atoms with Gasteiger partial charge in [-0.05, 0) is 79.9 Å². The number of ether oxygens (including phenoxy) is 3. The van der Waals surface area contributed by atoms with Crippen LogP contribution in [0.15, 0.2) is 18.2 Å². The van der Waals surface area contributed by atoms with E-state index in [0.717, 1.165) is 37.0 Å². The van der Waals surface area contributed by atoms with E-state index in [4.69, 9.17) is 14.2 Å². The minimum absolute atomic E-state index is 0.0925. The lowest BCUT2D eigenvalue weighted by Gasteiger charge is -2.56. The molecule has 0 aromatic heterocycles. The van der Waals surface area contributed by atoms with Crippen LogP contribution >= 0.6 is 0 Å². The third kappa shape index (κ3) is 4.86. The fraction of sp³-hybridized carbons (Fsp3) is 0.625. The number of amides is 1. The Hall–Kier alpha value is -2.57. The number of rotatable bonds is 9. The van der Waals surface area contributed by atoms with E-state index in [2.05, 4.69) is 5.32 Å². The summed E-state index contributed by atoms with van der Waals surface area (Å²) in [6, 6.07) is 4.76. The molecular formula is C24H31NO6. The van der Waals surface area contributed by atoms with Crippen LogP contribution in [-0.2, 0) is 14.3 Å². The van der Waals surface area contributed by atoms with E-state index in [1.807, 2.05) is 0 Å². The molecule has 4 saturated carbocycles. The van der Waals surface area contributed by atoms with Gasteiger partial charge in [0, 0.05) is 12.0 Å². The van der Waals surface area contributed by atoms with Gasteiger partial charge in [0.15, 0.2) is 23.9 Å². The molecule has 4 aliphatic rings. The molecular weight excluding hydrogens is 398 g/mol. The third-order valence-electron chi connectivity index (χ3n) is 7.20. The average molecular weight is 430 g/mol. The summed E-state index contributed by atoms with van der Waals surface area (Å²) in [7, 11) is 3.00. The van der Waals surface area contributed by atoms with E-state index in [0.29, 0.717) is 23.5 Å². The first-order valence-corrected chi connectivity index (χ1v) is 11.1. The summed E-state index contributed by atoms with van der Waals surface area (Å²) < 4.78 is 15.4. The van der Waals surface area contributed by atoms with Crippen LogP contribution in [0, 0.1) is 23.2 Å². The number of carbonyl (C=O) groups excluding carboxylic acids is 3. The second-order valence-electron chi connectivity index (χ2n) is 9.52. The fourth-order valence-electron chi connectivity index (χ4n) is 6.37.